The highest BCUT2D eigenvalue weighted by Crippen LogP contribution is 2.37. The van der Waals surface area contributed by atoms with Gasteiger partial charge in [0.05, 0.1) is 29.9 Å². The molecule has 1 heterocycles. The van der Waals surface area contributed by atoms with Crippen LogP contribution < -0.4 is 10.2 Å². The molecule has 0 bridgehead atoms. The van der Waals surface area contributed by atoms with Crippen molar-refractivity contribution in [3.63, 3.8) is 0 Å². The summed E-state index contributed by atoms with van der Waals surface area (Å²) in [6, 6.07) is 5.37. The Kier molecular flexibility index (Phi) is 7.72. The highest BCUT2D eigenvalue weighted by Gasteiger charge is 2.34. The number of halogens is 3. The molecule has 0 spiro atoms. The molecule has 34 heavy (non-hydrogen) atoms. The van der Waals surface area contributed by atoms with Crippen molar-refractivity contribution < 1.29 is 32.6 Å². The van der Waals surface area contributed by atoms with Gasteiger partial charge >= 0.3 is 12.1 Å². The molecule has 2 aromatic carbocycles. The molecule has 3 rings (SSSR count). The number of hydrogen-bond donors (Lipinski definition) is 1. The average Bonchev–Trinajstić information content (AvgIpc) is 2.86. The second-order valence-corrected chi connectivity index (χ2v) is 9.94. The molecular weight excluding hydrogens is 490 g/mol. The van der Waals surface area contributed by atoms with Crippen LogP contribution in [0.5, 0.6) is 0 Å². The van der Waals surface area contributed by atoms with E-state index in [4.69, 9.17) is 16.3 Å². The lowest BCUT2D eigenvalue weighted by Crippen LogP contribution is -2.50. The van der Waals surface area contributed by atoms with Crippen molar-refractivity contribution >= 4 is 47.0 Å². The third kappa shape index (κ3) is 5.98. The van der Waals surface area contributed by atoms with Gasteiger partial charge in [-0.1, -0.05) is 17.7 Å². The van der Waals surface area contributed by atoms with E-state index in [-0.39, 0.29) is 28.6 Å². The van der Waals surface area contributed by atoms with Gasteiger partial charge < -0.3 is 19.7 Å². The Bertz CT molecular complexity index is 1140. The summed E-state index contributed by atoms with van der Waals surface area (Å²) in [5.74, 6) is -2.87. The standard InChI is InChI=1S/C23H23ClF2N2O5S/c1-23(2,3)33-22(31)27-17-11-34-19-9-15(25)13(21(30)32-4)8-18(19)28(20(17)29)10-12-5-6-14(24)16(26)7-12/h5-9,17H,10-11H2,1-4H3,(H,27,31)/t17-/m0/s1. The number of anilines is 1. The first-order valence-corrected chi connectivity index (χ1v) is 11.6. The topological polar surface area (TPSA) is 84.9 Å². The molecule has 182 valence electrons. The second-order valence-electron chi connectivity index (χ2n) is 8.47. The number of methoxy groups -OCH3 is 1. The van der Waals surface area contributed by atoms with Crippen molar-refractivity contribution in [3.8, 4) is 0 Å². The molecule has 1 aliphatic heterocycles. The molecule has 0 saturated carbocycles. The monoisotopic (exact) mass is 512 g/mol. The Labute approximate surface area is 204 Å². The van der Waals surface area contributed by atoms with E-state index in [9.17, 15) is 23.2 Å². The van der Waals surface area contributed by atoms with Gasteiger partial charge in [-0.3, -0.25) is 4.79 Å². The summed E-state index contributed by atoms with van der Waals surface area (Å²) in [7, 11) is 1.11. The lowest BCUT2D eigenvalue weighted by atomic mass is 10.1. The lowest BCUT2D eigenvalue weighted by molar-refractivity contribution is -0.120. The fraction of sp³-hybridized carbons (Fsp3) is 0.348. The van der Waals surface area contributed by atoms with Gasteiger partial charge in [-0.25, -0.2) is 18.4 Å². The molecule has 11 heteroatoms. The molecule has 0 saturated heterocycles. The molecule has 7 nitrogen and oxygen atoms in total. The zero-order chi connectivity index (χ0) is 25.2. The van der Waals surface area contributed by atoms with E-state index in [2.05, 4.69) is 10.1 Å². The Morgan fingerprint density at radius 3 is 2.53 bits per heavy atom. The van der Waals surface area contributed by atoms with E-state index in [0.29, 0.717) is 10.5 Å². The number of amides is 2. The summed E-state index contributed by atoms with van der Waals surface area (Å²) in [5.41, 5.74) is -0.526. The summed E-state index contributed by atoms with van der Waals surface area (Å²) in [6.07, 6.45) is -0.795. The van der Waals surface area contributed by atoms with Crippen LogP contribution in [0.2, 0.25) is 5.02 Å². The Hall–Kier alpha value is -2.85. The maximum atomic E-state index is 14.6. The number of carbonyl (C=O) groups excluding carboxylic acids is 3. The van der Waals surface area contributed by atoms with E-state index < -0.39 is 41.2 Å². The molecule has 1 aliphatic rings. The van der Waals surface area contributed by atoms with Gasteiger partial charge in [0.2, 0.25) is 0 Å². The highest BCUT2D eigenvalue weighted by atomic mass is 35.5. The molecular formula is C23H23ClF2N2O5S. The lowest BCUT2D eigenvalue weighted by Gasteiger charge is -2.27. The van der Waals surface area contributed by atoms with Gasteiger partial charge in [-0.15, -0.1) is 11.8 Å². The van der Waals surface area contributed by atoms with E-state index in [0.717, 1.165) is 24.9 Å². The number of ether oxygens (including phenoxy) is 2. The molecule has 0 aliphatic carbocycles. The minimum absolute atomic E-state index is 0.0770. The van der Waals surface area contributed by atoms with Gasteiger partial charge in [0, 0.05) is 10.6 Å². The Morgan fingerprint density at radius 1 is 1.21 bits per heavy atom. The molecule has 0 aromatic heterocycles. The van der Waals surface area contributed by atoms with Gasteiger partial charge in [0.1, 0.15) is 23.3 Å². The molecule has 2 aromatic rings. The largest absolute Gasteiger partial charge is 0.465 e. The van der Waals surface area contributed by atoms with E-state index in [1.165, 1.54) is 29.2 Å². The summed E-state index contributed by atoms with van der Waals surface area (Å²) < 4.78 is 38.6. The van der Waals surface area contributed by atoms with E-state index in [1.807, 2.05) is 0 Å². The molecule has 1 atom stereocenters. The summed E-state index contributed by atoms with van der Waals surface area (Å²) in [5, 5.41) is 2.46. The zero-order valence-corrected chi connectivity index (χ0v) is 20.5. The fourth-order valence-electron chi connectivity index (χ4n) is 3.22. The maximum Gasteiger partial charge on any atom is 0.408 e. The van der Waals surface area contributed by atoms with Crippen molar-refractivity contribution in [2.75, 3.05) is 17.8 Å². The minimum Gasteiger partial charge on any atom is -0.465 e. The predicted octanol–water partition coefficient (Wildman–Crippen LogP) is 4.94. The Morgan fingerprint density at radius 2 is 1.91 bits per heavy atom. The number of rotatable bonds is 4. The van der Waals surface area contributed by atoms with Gasteiger partial charge in [0.25, 0.3) is 5.91 Å². The zero-order valence-electron chi connectivity index (χ0n) is 18.9. The first-order chi connectivity index (χ1) is 15.9. The number of benzene rings is 2. The van der Waals surface area contributed by atoms with Crippen molar-refractivity contribution in [1.29, 1.82) is 0 Å². The van der Waals surface area contributed by atoms with Crippen LogP contribution in [0.4, 0.5) is 19.3 Å². The first kappa shape index (κ1) is 25.8. The van der Waals surface area contributed by atoms with Crippen LogP contribution in [0.1, 0.15) is 36.7 Å². The molecule has 0 fully saturated rings. The van der Waals surface area contributed by atoms with Crippen molar-refractivity contribution in [1.82, 2.24) is 5.32 Å². The maximum absolute atomic E-state index is 14.6. The van der Waals surface area contributed by atoms with Gasteiger partial charge in [-0.2, -0.15) is 0 Å². The highest BCUT2D eigenvalue weighted by molar-refractivity contribution is 7.99. The van der Waals surface area contributed by atoms with Crippen LogP contribution in [0.25, 0.3) is 0 Å². The first-order valence-electron chi connectivity index (χ1n) is 10.2. The van der Waals surface area contributed by atoms with E-state index in [1.54, 1.807) is 20.8 Å². The van der Waals surface area contributed by atoms with Crippen LogP contribution in [0, 0.1) is 11.6 Å². The normalized spacial score (nSPS) is 15.9. The van der Waals surface area contributed by atoms with Crippen LogP contribution in [-0.4, -0.2) is 42.5 Å². The number of nitrogens with one attached hydrogen (secondary N) is 1. The fourth-order valence-corrected chi connectivity index (χ4v) is 4.42. The van der Waals surface area contributed by atoms with Crippen LogP contribution in [0.15, 0.2) is 35.2 Å². The number of fused-ring (bicyclic) bond motifs is 1. The van der Waals surface area contributed by atoms with E-state index >= 15 is 0 Å². The number of alkyl carbamates (subject to hydrolysis) is 1. The summed E-state index contributed by atoms with van der Waals surface area (Å²) in [4.78, 5) is 39.5. The van der Waals surface area contributed by atoms with Gasteiger partial charge in [-0.05, 0) is 50.6 Å². The SMILES string of the molecule is COC(=O)c1cc2c(cc1F)SC[C@H](NC(=O)OC(C)(C)C)C(=O)N2Cc1ccc(Cl)c(F)c1. The van der Waals surface area contributed by atoms with Gasteiger partial charge in [0.15, 0.2) is 0 Å². The molecule has 2 amide bonds. The number of hydrogen-bond acceptors (Lipinski definition) is 6. The predicted molar refractivity (Wildman–Crippen MR) is 124 cm³/mol. The smallest absolute Gasteiger partial charge is 0.408 e. The van der Waals surface area contributed by atoms with Crippen molar-refractivity contribution in [3.05, 3.63) is 58.1 Å². The third-order valence-corrected chi connectivity index (χ3v) is 6.17. The number of esters is 1. The van der Waals surface area contributed by atoms with Crippen LogP contribution in [0.3, 0.4) is 0 Å². The molecule has 0 unspecified atom stereocenters. The number of nitrogens with zero attached hydrogens (tertiary/aromatic N) is 1. The number of carbonyl (C=O) groups is 3. The minimum atomic E-state index is -1.03. The second kappa shape index (κ2) is 10.2. The Balaban J connectivity index is 2.03. The summed E-state index contributed by atoms with van der Waals surface area (Å²) >= 11 is 6.89. The quantitative estimate of drug-likeness (QED) is 0.584. The number of thioether (sulfide) groups is 1. The van der Waals surface area contributed by atoms with Crippen molar-refractivity contribution in [2.24, 2.45) is 0 Å². The van der Waals surface area contributed by atoms with Crippen LogP contribution in [-0.2, 0) is 20.8 Å². The third-order valence-electron chi connectivity index (χ3n) is 4.73. The molecule has 0 radical (unpaired) electrons. The summed E-state index contributed by atoms with van der Waals surface area (Å²) in [6.45, 7) is 4.93. The average molecular weight is 513 g/mol. The molecule has 1 N–H and O–H groups in total. The van der Waals surface area contributed by atoms with Crippen molar-refractivity contribution in [2.45, 2.75) is 43.9 Å². The van der Waals surface area contributed by atoms with Crippen LogP contribution >= 0.6 is 23.4 Å².